The smallest absolute Gasteiger partial charge is 0.426 e. The Morgan fingerprint density at radius 1 is 1.64 bits per heavy atom. The molecule has 1 aliphatic heterocycles. The van der Waals surface area contributed by atoms with E-state index in [0.29, 0.717) is 0 Å². The van der Waals surface area contributed by atoms with Gasteiger partial charge in [0.05, 0.1) is 18.1 Å². The van der Waals surface area contributed by atoms with E-state index in [1.807, 2.05) is 0 Å². The fraction of sp³-hybridized carbons (Fsp3) is 0.857. The zero-order chi connectivity index (χ0) is 10.9. The van der Waals surface area contributed by atoms with Crippen molar-refractivity contribution in [1.29, 1.82) is 0 Å². The number of hydrogen-bond donors (Lipinski definition) is 4. The molecular weight excluding hydrogens is 187 g/mol. The minimum atomic E-state index is -1.63. The Morgan fingerprint density at radius 2 is 2.21 bits per heavy atom. The fourth-order valence-electron chi connectivity index (χ4n) is 1.64. The van der Waals surface area contributed by atoms with Crippen molar-refractivity contribution < 1.29 is 19.9 Å². The second-order valence-corrected chi connectivity index (χ2v) is 3.65. The highest BCUT2D eigenvalue weighted by molar-refractivity contribution is 6.43. The summed E-state index contributed by atoms with van der Waals surface area (Å²) in [6.45, 7) is 1.64. The molecule has 6 nitrogen and oxygen atoms in total. The zero-order valence-corrected chi connectivity index (χ0v) is 8.00. The summed E-state index contributed by atoms with van der Waals surface area (Å²) in [6, 6.07) is -0.693. The Labute approximate surface area is 82.5 Å². The van der Waals surface area contributed by atoms with E-state index in [0.717, 1.165) is 0 Å². The summed E-state index contributed by atoms with van der Waals surface area (Å²) >= 11 is 0. The molecule has 1 saturated heterocycles. The second kappa shape index (κ2) is 4.27. The number of likely N-dealkylation sites (tertiary alicyclic amines) is 1. The number of carbonyl (C=O) groups excluding carboxylic acids is 1. The lowest BCUT2D eigenvalue weighted by Gasteiger charge is -2.25. The number of hydrogen-bond acceptors (Lipinski definition) is 5. The summed E-state index contributed by atoms with van der Waals surface area (Å²) in [6.07, 6.45) is -0.527. The number of carbonyl (C=O) groups is 1. The molecule has 0 aromatic carbocycles. The van der Waals surface area contributed by atoms with Gasteiger partial charge in [-0.15, -0.1) is 0 Å². The Balaban J connectivity index is 2.71. The topological polar surface area (TPSA) is 107 Å². The van der Waals surface area contributed by atoms with E-state index in [9.17, 15) is 9.90 Å². The van der Waals surface area contributed by atoms with Crippen molar-refractivity contribution in [3.05, 3.63) is 0 Å². The van der Waals surface area contributed by atoms with E-state index in [4.69, 9.17) is 15.8 Å². The average molecular weight is 202 g/mol. The molecule has 3 atom stereocenters. The van der Waals surface area contributed by atoms with Crippen LogP contribution in [-0.2, 0) is 4.79 Å². The van der Waals surface area contributed by atoms with Gasteiger partial charge in [-0.25, -0.2) is 0 Å². The van der Waals surface area contributed by atoms with Crippen LogP contribution < -0.4 is 5.73 Å². The van der Waals surface area contributed by atoms with Crippen LogP contribution in [0.15, 0.2) is 0 Å². The van der Waals surface area contributed by atoms with E-state index in [-0.39, 0.29) is 18.9 Å². The van der Waals surface area contributed by atoms with Crippen LogP contribution in [0.5, 0.6) is 0 Å². The summed E-state index contributed by atoms with van der Waals surface area (Å²) in [5.74, 6) is -1.12. The maximum absolute atomic E-state index is 11.5. The van der Waals surface area contributed by atoms with Crippen LogP contribution in [0.3, 0.4) is 0 Å². The number of amides is 1. The van der Waals surface area contributed by atoms with Gasteiger partial charge in [-0.2, -0.15) is 0 Å². The lowest BCUT2D eigenvalue weighted by Crippen LogP contribution is -2.50. The number of β-amino-alcohol motifs (C(OH)–C–C–N with tert-alkyl or cyclic N) is 1. The highest BCUT2D eigenvalue weighted by Gasteiger charge is 2.41. The van der Waals surface area contributed by atoms with E-state index in [2.05, 4.69) is 0 Å². The number of aliphatic hydroxyl groups is 1. The van der Waals surface area contributed by atoms with Crippen LogP contribution in [0.1, 0.15) is 13.3 Å². The Hall–Kier alpha value is -0.625. The van der Waals surface area contributed by atoms with Crippen LogP contribution in [0.2, 0.25) is 0 Å². The quantitative estimate of drug-likeness (QED) is 0.364. The largest absolute Gasteiger partial charge is 0.475 e. The first-order valence-electron chi connectivity index (χ1n) is 4.53. The first-order chi connectivity index (χ1) is 6.43. The monoisotopic (exact) mass is 202 g/mol. The minimum Gasteiger partial charge on any atom is -0.426 e. The van der Waals surface area contributed by atoms with Gasteiger partial charge in [-0.05, 0) is 13.3 Å². The van der Waals surface area contributed by atoms with E-state index < -0.39 is 25.2 Å². The molecule has 80 valence electrons. The second-order valence-electron chi connectivity index (χ2n) is 3.65. The third-order valence-corrected chi connectivity index (χ3v) is 2.34. The molecular formula is C7H15BN2O4. The van der Waals surface area contributed by atoms with Gasteiger partial charge >= 0.3 is 7.12 Å². The van der Waals surface area contributed by atoms with Crippen molar-refractivity contribution >= 4 is 13.0 Å². The maximum Gasteiger partial charge on any atom is 0.475 e. The summed E-state index contributed by atoms with van der Waals surface area (Å²) in [5.41, 5.74) is 5.39. The molecule has 1 aliphatic rings. The summed E-state index contributed by atoms with van der Waals surface area (Å²) in [5, 5.41) is 27.3. The Bertz CT molecular complexity index is 224. The molecule has 0 unspecified atom stereocenters. The predicted molar refractivity (Wildman–Crippen MR) is 50.0 cm³/mol. The molecule has 1 amide bonds. The van der Waals surface area contributed by atoms with Crippen molar-refractivity contribution in [2.24, 2.45) is 5.73 Å². The van der Waals surface area contributed by atoms with Crippen molar-refractivity contribution in [3.8, 4) is 0 Å². The van der Waals surface area contributed by atoms with Gasteiger partial charge in [-0.1, -0.05) is 0 Å². The van der Waals surface area contributed by atoms with Crippen molar-refractivity contribution in [3.63, 3.8) is 0 Å². The van der Waals surface area contributed by atoms with Crippen molar-refractivity contribution in [2.45, 2.75) is 31.4 Å². The zero-order valence-electron chi connectivity index (χ0n) is 8.00. The molecule has 1 rings (SSSR count). The standard InChI is InChI=1S/C7H15BN2O4/c1-4(9)7(12)10-3-5(11)2-6(10)8(13)14/h4-6,11,13-14H,2-3,9H2,1H3/t4-,5+,6+/m1/s1. The average Bonchev–Trinajstić information content (AvgIpc) is 2.45. The molecule has 0 aromatic heterocycles. The van der Waals surface area contributed by atoms with E-state index in [1.54, 1.807) is 0 Å². The maximum atomic E-state index is 11.5. The molecule has 0 aromatic rings. The normalized spacial score (nSPS) is 29.1. The molecule has 0 bridgehead atoms. The highest BCUT2D eigenvalue weighted by Crippen LogP contribution is 2.19. The number of aliphatic hydroxyl groups excluding tert-OH is 1. The van der Waals surface area contributed by atoms with Gasteiger partial charge in [0.1, 0.15) is 0 Å². The van der Waals surface area contributed by atoms with Crippen LogP contribution in [0.4, 0.5) is 0 Å². The Morgan fingerprint density at radius 3 is 2.64 bits per heavy atom. The third kappa shape index (κ3) is 2.24. The molecule has 1 heterocycles. The van der Waals surface area contributed by atoms with Gasteiger partial charge < -0.3 is 25.8 Å². The molecule has 0 spiro atoms. The van der Waals surface area contributed by atoms with Crippen LogP contribution in [-0.4, -0.2) is 57.7 Å². The van der Waals surface area contributed by atoms with Crippen LogP contribution in [0.25, 0.3) is 0 Å². The summed E-state index contributed by atoms with van der Waals surface area (Å²) < 4.78 is 0. The lowest BCUT2D eigenvalue weighted by molar-refractivity contribution is -0.132. The molecule has 0 aliphatic carbocycles. The number of nitrogens with two attached hydrogens (primary N) is 1. The van der Waals surface area contributed by atoms with Crippen LogP contribution in [0, 0.1) is 0 Å². The molecule has 0 saturated carbocycles. The third-order valence-electron chi connectivity index (χ3n) is 2.34. The van der Waals surface area contributed by atoms with Gasteiger partial charge in [0, 0.05) is 6.54 Å². The fourth-order valence-corrected chi connectivity index (χ4v) is 1.64. The first kappa shape index (κ1) is 11.4. The molecule has 1 fully saturated rings. The van der Waals surface area contributed by atoms with Crippen LogP contribution >= 0.6 is 0 Å². The molecule has 5 N–H and O–H groups in total. The van der Waals surface area contributed by atoms with Crippen molar-refractivity contribution in [2.75, 3.05) is 6.54 Å². The summed E-state index contributed by atoms with van der Waals surface area (Å²) in [7, 11) is -1.63. The van der Waals surface area contributed by atoms with E-state index in [1.165, 1.54) is 11.8 Å². The predicted octanol–water partition coefficient (Wildman–Crippen LogP) is -2.69. The van der Waals surface area contributed by atoms with Gasteiger partial charge in [0.2, 0.25) is 5.91 Å². The van der Waals surface area contributed by atoms with Gasteiger partial charge in [0.25, 0.3) is 0 Å². The Kier molecular flexibility index (Phi) is 3.49. The summed E-state index contributed by atoms with van der Waals surface area (Å²) in [4.78, 5) is 12.7. The first-order valence-corrected chi connectivity index (χ1v) is 4.53. The lowest BCUT2D eigenvalue weighted by atomic mass is 9.77. The number of nitrogens with zero attached hydrogens (tertiary/aromatic N) is 1. The number of rotatable bonds is 2. The van der Waals surface area contributed by atoms with Crippen molar-refractivity contribution in [1.82, 2.24) is 4.90 Å². The molecule has 0 radical (unpaired) electrons. The molecule has 14 heavy (non-hydrogen) atoms. The van der Waals surface area contributed by atoms with Gasteiger partial charge in [-0.3, -0.25) is 4.79 Å². The highest BCUT2D eigenvalue weighted by atomic mass is 16.4. The van der Waals surface area contributed by atoms with E-state index >= 15 is 0 Å². The molecule has 7 heteroatoms. The SMILES string of the molecule is C[C@@H](N)C(=O)N1C[C@@H](O)C[C@H]1B(O)O. The van der Waals surface area contributed by atoms with Gasteiger partial charge in [0.15, 0.2) is 0 Å². The minimum absolute atomic E-state index is 0.114.